The van der Waals surface area contributed by atoms with E-state index in [0.29, 0.717) is 12.8 Å². The molecule has 0 fully saturated rings. The SMILES string of the molecule is CCC(=O)Nc1ccc(NC(CC)C(=O)OC)cc1. The van der Waals surface area contributed by atoms with Crippen LogP contribution in [0.1, 0.15) is 26.7 Å². The Hall–Kier alpha value is -2.04. The van der Waals surface area contributed by atoms with Crippen LogP contribution in [0.3, 0.4) is 0 Å². The molecule has 0 heterocycles. The second-order valence-corrected chi connectivity index (χ2v) is 4.11. The lowest BCUT2D eigenvalue weighted by molar-refractivity contribution is -0.141. The summed E-state index contributed by atoms with van der Waals surface area (Å²) in [5, 5.41) is 5.85. The molecule has 1 aromatic carbocycles. The van der Waals surface area contributed by atoms with Crippen LogP contribution in [0.4, 0.5) is 11.4 Å². The number of benzene rings is 1. The third kappa shape index (κ3) is 4.62. The van der Waals surface area contributed by atoms with Crippen LogP contribution >= 0.6 is 0 Å². The largest absolute Gasteiger partial charge is 0.467 e. The molecule has 0 aliphatic carbocycles. The molecule has 0 radical (unpaired) electrons. The van der Waals surface area contributed by atoms with Gasteiger partial charge >= 0.3 is 5.97 Å². The maximum Gasteiger partial charge on any atom is 0.328 e. The van der Waals surface area contributed by atoms with Gasteiger partial charge in [0.25, 0.3) is 0 Å². The van der Waals surface area contributed by atoms with Gasteiger partial charge in [-0.2, -0.15) is 0 Å². The van der Waals surface area contributed by atoms with E-state index in [2.05, 4.69) is 10.6 Å². The number of carbonyl (C=O) groups is 2. The van der Waals surface area contributed by atoms with Gasteiger partial charge in [-0.15, -0.1) is 0 Å². The summed E-state index contributed by atoms with van der Waals surface area (Å²) in [6.45, 7) is 3.71. The molecule has 19 heavy (non-hydrogen) atoms. The van der Waals surface area contributed by atoms with Gasteiger partial charge in [0, 0.05) is 17.8 Å². The standard InChI is InChI=1S/C14H20N2O3/c1-4-12(14(18)19-3)15-10-6-8-11(9-7-10)16-13(17)5-2/h6-9,12,15H,4-5H2,1-3H3,(H,16,17). The Labute approximate surface area is 113 Å². The summed E-state index contributed by atoms with van der Waals surface area (Å²) in [5.41, 5.74) is 1.55. The Balaban J connectivity index is 2.65. The number of esters is 1. The van der Waals surface area contributed by atoms with Crippen LogP contribution in [0.2, 0.25) is 0 Å². The summed E-state index contributed by atoms with van der Waals surface area (Å²) in [6, 6.07) is 6.86. The molecule has 0 saturated heterocycles. The summed E-state index contributed by atoms with van der Waals surface area (Å²) >= 11 is 0. The third-order valence-electron chi connectivity index (χ3n) is 2.72. The van der Waals surface area contributed by atoms with Gasteiger partial charge in [-0.05, 0) is 30.7 Å². The number of carbonyl (C=O) groups excluding carboxylic acids is 2. The number of methoxy groups -OCH3 is 1. The van der Waals surface area contributed by atoms with E-state index in [1.807, 2.05) is 19.1 Å². The lowest BCUT2D eigenvalue weighted by Gasteiger charge is -2.16. The molecule has 5 heteroatoms. The summed E-state index contributed by atoms with van der Waals surface area (Å²) in [6.07, 6.45) is 1.08. The first-order chi connectivity index (χ1) is 9.10. The van der Waals surface area contributed by atoms with Crippen molar-refractivity contribution in [2.75, 3.05) is 17.7 Å². The second kappa shape index (κ2) is 7.41. The van der Waals surface area contributed by atoms with E-state index in [1.54, 1.807) is 19.1 Å². The van der Waals surface area contributed by atoms with E-state index in [1.165, 1.54) is 7.11 Å². The van der Waals surface area contributed by atoms with Crippen molar-refractivity contribution in [3.63, 3.8) is 0 Å². The first-order valence-electron chi connectivity index (χ1n) is 6.35. The van der Waals surface area contributed by atoms with Crippen LogP contribution in [0.25, 0.3) is 0 Å². The molecule has 0 bridgehead atoms. The molecule has 1 atom stereocenters. The summed E-state index contributed by atoms with van der Waals surface area (Å²) in [5.74, 6) is -0.312. The van der Waals surface area contributed by atoms with Gasteiger partial charge in [0.05, 0.1) is 7.11 Å². The van der Waals surface area contributed by atoms with Gasteiger partial charge in [-0.3, -0.25) is 4.79 Å². The van der Waals surface area contributed by atoms with Crippen molar-refractivity contribution in [2.24, 2.45) is 0 Å². The zero-order valence-corrected chi connectivity index (χ0v) is 11.5. The van der Waals surface area contributed by atoms with Crippen molar-refractivity contribution in [2.45, 2.75) is 32.7 Å². The minimum absolute atomic E-state index is 0.0262. The van der Waals surface area contributed by atoms with E-state index in [0.717, 1.165) is 11.4 Å². The van der Waals surface area contributed by atoms with E-state index >= 15 is 0 Å². The lowest BCUT2D eigenvalue weighted by Crippen LogP contribution is -2.29. The van der Waals surface area contributed by atoms with Crippen LogP contribution in [0.5, 0.6) is 0 Å². The molecule has 1 unspecified atom stereocenters. The topological polar surface area (TPSA) is 67.4 Å². The smallest absolute Gasteiger partial charge is 0.328 e. The molecule has 2 N–H and O–H groups in total. The lowest BCUT2D eigenvalue weighted by atomic mass is 10.2. The molecular weight excluding hydrogens is 244 g/mol. The maximum atomic E-state index is 11.5. The maximum absolute atomic E-state index is 11.5. The normalized spacial score (nSPS) is 11.5. The van der Waals surface area contributed by atoms with Crippen molar-refractivity contribution in [3.05, 3.63) is 24.3 Å². The van der Waals surface area contributed by atoms with Crippen LogP contribution in [0, 0.1) is 0 Å². The fourth-order valence-electron chi connectivity index (χ4n) is 1.57. The summed E-state index contributed by atoms with van der Waals surface area (Å²) < 4.78 is 4.71. The number of hydrogen-bond donors (Lipinski definition) is 2. The first-order valence-corrected chi connectivity index (χ1v) is 6.35. The molecule has 1 amide bonds. The van der Waals surface area contributed by atoms with Crippen LogP contribution in [-0.4, -0.2) is 25.0 Å². The van der Waals surface area contributed by atoms with Crippen molar-refractivity contribution in [1.29, 1.82) is 0 Å². The number of anilines is 2. The van der Waals surface area contributed by atoms with Gasteiger partial charge < -0.3 is 15.4 Å². The van der Waals surface area contributed by atoms with Crippen LogP contribution in [-0.2, 0) is 14.3 Å². The van der Waals surface area contributed by atoms with Gasteiger partial charge in [-0.25, -0.2) is 4.79 Å². The van der Waals surface area contributed by atoms with Gasteiger partial charge in [0.15, 0.2) is 0 Å². The number of rotatable bonds is 6. The van der Waals surface area contributed by atoms with Crippen molar-refractivity contribution >= 4 is 23.3 Å². The Bertz CT molecular complexity index is 429. The number of ether oxygens (including phenoxy) is 1. The average Bonchev–Trinajstić information content (AvgIpc) is 2.45. The quantitative estimate of drug-likeness (QED) is 0.774. The van der Waals surface area contributed by atoms with E-state index in [9.17, 15) is 9.59 Å². The first kappa shape index (κ1) is 15.0. The van der Waals surface area contributed by atoms with Gasteiger partial charge in [0.1, 0.15) is 6.04 Å². The monoisotopic (exact) mass is 264 g/mol. The van der Waals surface area contributed by atoms with Crippen molar-refractivity contribution in [1.82, 2.24) is 0 Å². The predicted octanol–water partition coefficient (Wildman–Crippen LogP) is 2.40. The zero-order valence-electron chi connectivity index (χ0n) is 11.5. The van der Waals surface area contributed by atoms with E-state index in [-0.39, 0.29) is 17.9 Å². The second-order valence-electron chi connectivity index (χ2n) is 4.11. The van der Waals surface area contributed by atoms with E-state index in [4.69, 9.17) is 4.74 Å². The highest BCUT2D eigenvalue weighted by molar-refractivity contribution is 5.90. The fourth-order valence-corrected chi connectivity index (χ4v) is 1.57. The van der Waals surface area contributed by atoms with Gasteiger partial charge in [-0.1, -0.05) is 13.8 Å². The molecule has 0 saturated carbocycles. The molecule has 104 valence electrons. The van der Waals surface area contributed by atoms with E-state index < -0.39 is 0 Å². The highest BCUT2D eigenvalue weighted by atomic mass is 16.5. The highest BCUT2D eigenvalue weighted by Crippen LogP contribution is 2.15. The fraction of sp³-hybridized carbons (Fsp3) is 0.429. The minimum atomic E-state index is -0.360. The number of nitrogens with one attached hydrogen (secondary N) is 2. The molecule has 5 nitrogen and oxygen atoms in total. The third-order valence-corrected chi connectivity index (χ3v) is 2.72. The highest BCUT2D eigenvalue weighted by Gasteiger charge is 2.16. The zero-order chi connectivity index (χ0) is 14.3. The summed E-state index contributed by atoms with van der Waals surface area (Å²) in [7, 11) is 1.37. The van der Waals surface area contributed by atoms with Crippen LogP contribution < -0.4 is 10.6 Å². The summed E-state index contributed by atoms with van der Waals surface area (Å²) in [4.78, 5) is 22.7. The Kier molecular flexibility index (Phi) is 5.85. The molecular formula is C14H20N2O3. The Morgan fingerprint density at radius 3 is 2.21 bits per heavy atom. The van der Waals surface area contributed by atoms with Crippen molar-refractivity contribution < 1.29 is 14.3 Å². The molecule has 0 spiro atoms. The van der Waals surface area contributed by atoms with Crippen molar-refractivity contribution in [3.8, 4) is 0 Å². The predicted molar refractivity (Wildman–Crippen MR) is 75.1 cm³/mol. The molecule has 1 rings (SSSR count). The number of amides is 1. The molecule has 1 aromatic rings. The van der Waals surface area contributed by atoms with Crippen LogP contribution in [0.15, 0.2) is 24.3 Å². The van der Waals surface area contributed by atoms with Gasteiger partial charge in [0.2, 0.25) is 5.91 Å². The Morgan fingerprint density at radius 1 is 1.16 bits per heavy atom. The Morgan fingerprint density at radius 2 is 1.74 bits per heavy atom. The number of hydrogen-bond acceptors (Lipinski definition) is 4. The molecule has 0 aliphatic rings. The average molecular weight is 264 g/mol. The minimum Gasteiger partial charge on any atom is -0.467 e. The molecule has 0 aliphatic heterocycles. The molecule has 0 aromatic heterocycles.